The molecule has 0 unspecified atom stereocenters. The smallest absolute Gasteiger partial charge is 0.354 e. The van der Waals surface area contributed by atoms with E-state index in [1.165, 1.54) is 34.8 Å². The monoisotopic (exact) mass is 287 g/mol. The van der Waals surface area contributed by atoms with Gasteiger partial charge in [0.2, 0.25) is 0 Å². The minimum atomic E-state index is -1.09. The number of aromatic carboxylic acids is 1. The third kappa shape index (κ3) is 2.66. The molecule has 1 N–H and O–H groups in total. The van der Waals surface area contributed by atoms with Crippen LogP contribution in [0.3, 0.4) is 0 Å². The molecule has 3 rings (SSSR count). The fourth-order valence-electron chi connectivity index (χ4n) is 1.85. The molecule has 0 saturated heterocycles. The highest BCUT2D eigenvalue weighted by molar-refractivity contribution is 5.86. The Balaban J connectivity index is 1.83. The van der Waals surface area contributed by atoms with E-state index in [1.807, 2.05) is 0 Å². The fraction of sp³-hybridized carbons (Fsp3) is 0.0714. The Bertz CT molecular complexity index is 799. The number of carboxylic acids is 1. The van der Waals surface area contributed by atoms with Crippen molar-refractivity contribution in [3.05, 3.63) is 59.8 Å². The molecule has 2 heterocycles. The number of hydrogen-bond donors (Lipinski definition) is 1. The average molecular weight is 287 g/mol. The standard InChI is InChI=1S/C14H10FN3O3/c15-9-4-6-10(7-5-9)21-8-12-16-13-3-1-2-11(14(19)20)18(13)17-12/h1-7H,8H2,(H,19,20). The van der Waals surface area contributed by atoms with E-state index in [4.69, 9.17) is 9.84 Å². The van der Waals surface area contributed by atoms with Gasteiger partial charge >= 0.3 is 5.97 Å². The lowest BCUT2D eigenvalue weighted by atomic mass is 10.3. The van der Waals surface area contributed by atoms with Gasteiger partial charge in [-0.25, -0.2) is 18.7 Å². The van der Waals surface area contributed by atoms with Crippen LogP contribution in [-0.2, 0) is 6.61 Å². The van der Waals surface area contributed by atoms with Gasteiger partial charge in [0.1, 0.15) is 18.2 Å². The summed E-state index contributed by atoms with van der Waals surface area (Å²) in [5.74, 6) is -0.613. The van der Waals surface area contributed by atoms with Crippen LogP contribution in [0, 0.1) is 5.82 Å². The summed E-state index contributed by atoms with van der Waals surface area (Å²) in [5.41, 5.74) is 0.445. The minimum absolute atomic E-state index is 0.0213. The number of carboxylic acid groups (broad SMARTS) is 1. The number of benzene rings is 1. The lowest BCUT2D eigenvalue weighted by Crippen LogP contribution is -2.06. The summed E-state index contributed by atoms with van der Waals surface area (Å²) in [6.07, 6.45) is 0. The Kier molecular flexibility index (Phi) is 3.23. The van der Waals surface area contributed by atoms with Crippen LogP contribution in [-0.4, -0.2) is 25.7 Å². The van der Waals surface area contributed by atoms with Gasteiger partial charge in [-0.2, -0.15) is 0 Å². The molecule has 0 fully saturated rings. The van der Waals surface area contributed by atoms with Crippen LogP contribution in [0.25, 0.3) is 5.65 Å². The molecule has 0 saturated carbocycles. The van der Waals surface area contributed by atoms with E-state index in [1.54, 1.807) is 12.1 Å². The van der Waals surface area contributed by atoms with Crippen LogP contribution < -0.4 is 4.74 Å². The molecular weight excluding hydrogens is 277 g/mol. The van der Waals surface area contributed by atoms with E-state index >= 15 is 0 Å². The van der Waals surface area contributed by atoms with Gasteiger partial charge in [-0.3, -0.25) is 0 Å². The largest absolute Gasteiger partial charge is 0.486 e. The second kappa shape index (κ2) is 5.20. The number of nitrogens with zero attached hydrogens (tertiary/aromatic N) is 3. The van der Waals surface area contributed by atoms with Crippen LogP contribution in [0.15, 0.2) is 42.5 Å². The average Bonchev–Trinajstić information content (AvgIpc) is 2.89. The molecule has 0 radical (unpaired) electrons. The number of carbonyl (C=O) groups is 1. The van der Waals surface area contributed by atoms with Gasteiger partial charge < -0.3 is 9.84 Å². The molecule has 7 heteroatoms. The predicted octanol–water partition coefficient (Wildman–Crippen LogP) is 2.15. The minimum Gasteiger partial charge on any atom is -0.486 e. The van der Waals surface area contributed by atoms with Crippen molar-refractivity contribution in [2.45, 2.75) is 6.61 Å². The quantitative estimate of drug-likeness (QED) is 0.795. The van der Waals surface area contributed by atoms with Crippen LogP contribution in [0.1, 0.15) is 16.3 Å². The first-order valence-corrected chi connectivity index (χ1v) is 6.10. The molecule has 0 aliphatic heterocycles. The first kappa shape index (κ1) is 13.0. The van der Waals surface area contributed by atoms with Crippen LogP contribution in [0.5, 0.6) is 5.75 Å². The Labute approximate surface area is 118 Å². The molecule has 0 bridgehead atoms. The summed E-state index contributed by atoms with van der Waals surface area (Å²) in [5, 5.41) is 13.2. The Morgan fingerprint density at radius 3 is 2.71 bits per heavy atom. The highest BCUT2D eigenvalue weighted by atomic mass is 19.1. The molecule has 106 valence electrons. The maximum atomic E-state index is 12.8. The second-order valence-electron chi connectivity index (χ2n) is 4.26. The summed E-state index contributed by atoms with van der Waals surface area (Å²) < 4.78 is 19.4. The van der Waals surface area contributed by atoms with Gasteiger partial charge in [0, 0.05) is 0 Å². The molecule has 0 aliphatic rings. The number of rotatable bonds is 4. The summed E-state index contributed by atoms with van der Waals surface area (Å²) in [7, 11) is 0. The van der Waals surface area contributed by atoms with Crippen molar-refractivity contribution in [1.82, 2.24) is 14.6 Å². The third-order valence-electron chi connectivity index (χ3n) is 2.80. The van der Waals surface area contributed by atoms with Crippen LogP contribution >= 0.6 is 0 Å². The number of hydrogen-bond acceptors (Lipinski definition) is 4. The highest BCUT2D eigenvalue weighted by Crippen LogP contribution is 2.13. The zero-order valence-electron chi connectivity index (χ0n) is 10.7. The van der Waals surface area contributed by atoms with E-state index in [2.05, 4.69) is 10.1 Å². The zero-order valence-corrected chi connectivity index (χ0v) is 10.7. The molecule has 0 amide bonds. The normalized spacial score (nSPS) is 10.7. The molecule has 21 heavy (non-hydrogen) atoms. The van der Waals surface area contributed by atoms with Crippen molar-refractivity contribution in [3.8, 4) is 5.75 Å². The van der Waals surface area contributed by atoms with Crippen molar-refractivity contribution >= 4 is 11.6 Å². The zero-order chi connectivity index (χ0) is 14.8. The lowest BCUT2D eigenvalue weighted by molar-refractivity contribution is 0.0687. The lowest BCUT2D eigenvalue weighted by Gasteiger charge is -2.02. The second-order valence-corrected chi connectivity index (χ2v) is 4.26. The van der Waals surface area contributed by atoms with Gasteiger partial charge in [0.25, 0.3) is 0 Å². The Hall–Kier alpha value is -2.96. The van der Waals surface area contributed by atoms with Crippen LogP contribution in [0.2, 0.25) is 0 Å². The van der Waals surface area contributed by atoms with Gasteiger partial charge in [-0.1, -0.05) is 6.07 Å². The maximum Gasteiger partial charge on any atom is 0.354 e. The molecule has 6 nitrogen and oxygen atoms in total. The summed E-state index contributed by atoms with van der Waals surface area (Å²) in [6, 6.07) is 10.2. The van der Waals surface area contributed by atoms with Crippen molar-refractivity contribution in [2.75, 3.05) is 0 Å². The summed E-state index contributed by atoms with van der Waals surface area (Å²) in [6.45, 7) is 0.0619. The Morgan fingerprint density at radius 1 is 1.24 bits per heavy atom. The van der Waals surface area contributed by atoms with E-state index < -0.39 is 5.97 Å². The number of pyridine rings is 1. The molecule has 3 aromatic rings. The molecule has 2 aromatic heterocycles. The first-order chi connectivity index (χ1) is 10.1. The SMILES string of the molecule is O=C(O)c1cccc2nc(COc3ccc(F)cc3)nn12. The van der Waals surface area contributed by atoms with Gasteiger partial charge in [-0.15, -0.1) is 5.10 Å². The maximum absolute atomic E-state index is 12.8. The number of halogens is 1. The number of fused-ring (bicyclic) bond motifs is 1. The van der Waals surface area contributed by atoms with E-state index in [-0.39, 0.29) is 18.1 Å². The topological polar surface area (TPSA) is 76.7 Å². The van der Waals surface area contributed by atoms with Crippen molar-refractivity contribution in [2.24, 2.45) is 0 Å². The number of ether oxygens (including phenoxy) is 1. The predicted molar refractivity (Wildman–Crippen MR) is 70.7 cm³/mol. The number of aromatic nitrogens is 3. The molecular formula is C14H10FN3O3. The molecule has 0 spiro atoms. The van der Waals surface area contributed by atoms with Crippen molar-refractivity contribution in [3.63, 3.8) is 0 Å². The Morgan fingerprint density at radius 2 is 2.00 bits per heavy atom. The summed E-state index contributed by atoms with van der Waals surface area (Å²) >= 11 is 0. The first-order valence-electron chi connectivity index (χ1n) is 6.10. The van der Waals surface area contributed by atoms with E-state index in [0.29, 0.717) is 17.2 Å². The molecule has 0 aliphatic carbocycles. The van der Waals surface area contributed by atoms with Crippen molar-refractivity contribution in [1.29, 1.82) is 0 Å². The molecule has 1 aromatic carbocycles. The highest BCUT2D eigenvalue weighted by Gasteiger charge is 2.12. The van der Waals surface area contributed by atoms with E-state index in [9.17, 15) is 9.18 Å². The van der Waals surface area contributed by atoms with Gasteiger partial charge in [0.05, 0.1) is 0 Å². The van der Waals surface area contributed by atoms with Gasteiger partial charge in [-0.05, 0) is 36.4 Å². The van der Waals surface area contributed by atoms with Gasteiger partial charge in [0.15, 0.2) is 17.2 Å². The summed E-state index contributed by atoms with van der Waals surface area (Å²) in [4.78, 5) is 15.3. The third-order valence-corrected chi connectivity index (χ3v) is 2.80. The molecule has 0 atom stereocenters. The van der Waals surface area contributed by atoms with E-state index in [0.717, 1.165) is 0 Å². The fourth-order valence-corrected chi connectivity index (χ4v) is 1.85. The van der Waals surface area contributed by atoms with Crippen LogP contribution in [0.4, 0.5) is 4.39 Å². The van der Waals surface area contributed by atoms with Crippen molar-refractivity contribution < 1.29 is 19.0 Å².